The second kappa shape index (κ2) is 2.33. The average molecular weight is 166 g/mol. The lowest BCUT2D eigenvalue weighted by atomic mass is 10.1. The zero-order chi connectivity index (χ0) is 8.72. The Labute approximate surface area is 69.8 Å². The van der Waals surface area contributed by atoms with E-state index in [4.69, 9.17) is 5.11 Å². The monoisotopic (exact) mass is 166 g/mol. The molecule has 0 spiro atoms. The van der Waals surface area contributed by atoms with E-state index in [0.717, 1.165) is 17.7 Å². The summed E-state index contributed by atoms with van der Waals surface area (Å²) in [7, 11) is 1.82. The third-order valence-corrected chi connectivity index (χ3v) is 2.28. The molecule has 0 aromatic carbocycles. The van der Waals surface area contributed by atoms with E-state index in [2.05, 4.69) is 5.10 Å². The minimum absolute atomic E-state index is 0.325. The molecule has 0 fully saturated rings. The number of carbonyl (C=O) groups is 1. The molecule has 1 aromatic rings. The van der Waals surface area contributed by atoms with Gasteiger partial charge in [-0.2, -0.15) is 5.10 Å². The molecule has 0 saturated carbocycles. The van der Waals surface area contributed by atoms with Crippen molar-refractivity contribution in [2.75, 3.05) is 0 Å². The van der Waals surface area contributed by atoms with Crippen LogP contribution < -0.4 is 0 Å². The van der Waals surface area contributed by atoms with E-state index >= 15 is 0 Å². The van der Waals surface area contributed by atoms with E-state index in [0.29, 0.717) is 6.42 Å². The molecule has 0 aliphatic heterocycles. The van der Waals surface area contributed by atoms with Crippen LogP contribution in [0.15, 0.2) is 6.20 Å². The van der Waals surface area contributed by atoms with Crippen molar-refractivity contribution in [2.24, 2.45) is 7.05 Å². The fourth-order valence-corrected chi connectivity index (χ4v) is 1.73. The van der Waals surface area contributed by atoms with Crippen molar-refractivity contribution in [1.29, 1.82) is 0 Å². The lowest BCUT2D eigenvalue weighted by molar-refractivity contribution is -0.138. The summed E-state index contributed by atoms with van der Waals surface area (Å²) in [5.74, 6) is -1.06. The molecule has 4 heteroatoms. The molecule has 2 rings (SSSR count). The largest absolute Gasteiger partial charge is 0.481 e. The molecule has 1 N–H and O–H groups in total. The first kappa shape index (κ1) is 7.34. The van der Waals surface area contributed by atoms with Crippen molar-refractivity contribution in [3.8, 4) is 0 Å². The van der Waals surface area contributed by atoms with Gasteiger partial charge in [-0.15, -0.1) is 0 Å². The maximum atomic E-state index is 10.7. The van der Waals surface area contributed by atoms with Crippen LogP contribution in [0, 0.1) is 0 Å². The predicted octanol–water partition coefficient (Wildman–Crippen LogP) is 0.534. The summed E-state index contributed by atoms with van der Waals surface area (Å²) in [5, 5.41) is 13.0. The van der Waals surface area contributed by atoms with Gasteiger partial charge in [0.25, 0.3) is 0 Å². The summed E-state index contributed by atoms with van der Waals surface area (Å²) < 4.78 is 1.68. The molecule has 1 aliphatic carbocycles. The van der Waals surface area contributed by atoms with Crippen LogP contribution in [-0.2, 0) is 18.3 Å². The normalized spacial score (nSPS) is 20.9. The molecular formula is C8H10N2O2. The van der Waals surface area contributed by atoms with Gasteiger partial charge in [0.1, 0.15) is 0 Å². The number of aromatic nitrogens is 2. The Morgan fingerprint density at radius 2 is 2.58 bits per heavy atom. The number of rotatable bonds is 1. The molecule has 0 amide bonds. The summed E-state index contributed by atoms with van der Waals surface area (Å²) in [5.41, 5.74) is 1.84. The molecule has 12 heavy (non-hydrogen) atoms. The number of nitrogens with zero attached hydrogens (tertiary/aromatic N) is 2. The summed E-state index contributed by atoms with van der Waals surface area (Å²) in [6.45, 7) is 0. The molecule has 0 saturated heterocycles. The van der Waals surface area contributed by atoms with Crippen LogP contribution >= 0.6 is 0 Å². The summed E-state index contributed by atoms with van der Waals surface area (Å²) in [6.07, 6.45) is 3.31. The average Bonchev–Trinajstić information content (AvgIpc) is 2.43. The van der Waals surface area contributed by atoms with Gasteiger partial charge in [0, 0.05) is 18.8 Å². The smallest absolute Gasteiger partial charge is 0.311 e. The Balaban J connectivity index is 2.41. The summed E-state index contributed by atoms with van der Waals surface area (Å²) >= 11 is 0. The van der Waals surface area contributed by atoms with Crippen LogP contribution in [0.5, 0.6) is 0 Å². The first-order valence-corrected chi connectivity index (χ1v) is 3.93. The molecule has 0 bridgehead atoms. The highest BCUT2D eigenvalue weighted by atomic mass is 16.4. The Morgan fingerprint density at radius 1 is 1.83 bits per heavy atom. The number of carboxylic acid groups (broad SMARTS) is 1. The van der Waals surface area contributed by atoms with E-state index in [1.165, 1.54) is 0 Å². The SMILES string of the molecule is Cn1cc2c(n1)CCC2C(=O)O. The highest BCUT2D eigenvalue weighted by Gasteiger charge is 2.30. The van der Waals surface area contributed by atoms with Crippen molar-refractivity contribution in [3.05, 3.63) is 17.5 Å². The fraction of sp³-hybridized carbons (Fsp3) is 0.500. The van der Waals surface area contributed by atoms with E-state index in [9.17, 15) is 4.79 Å². The van der Waals surface area contributed by atoms with Gasteiger partial charge in [0.15, 0.2) is 0 Å². The van der Waals surface area contributed by atoms with Gasteiger partial charge in [0.05, 0.1) is 11.6 Å². The zero-order valence-electron chi connectivity index (χ0n) is 6.82. The highest BCUT2D eigenvalue weighted by molar-refractivity contribution is 5.77. The molecule has 0 radical (unpaired) electrons. The van der Waals surface area contributed by atoms with Crippen molar-refractivity contribution in [3.63, 3.8) is 0 Å². The van der Waals surface area contributed by atoms with E-state index < -0.39 is 5.97 Å². The van der Waals surface area contributed by atoms with Gasteiger partial charge < -0.3 is 5.11 Å². The number of carboxylic acids is 1. The number of aryl methyl sites for hydroxylation is 2. The summed E-state index contributed by atoms with van der Waals surface area (Å²) in [4.78, 5) is 10.7. The Bertz CT molecular complexity index is 330. The lowest BCUT2D eigenvalue weighted by Gasteiger charge is -2.00. The number of aliphatic carboxylic acids is 1. The predicted molar refractivity (Wildman–Crippen MR) is 41.9 cm³/mol. The minimum Gasteiger partial charge on any atom is -0.481 e. The van der Waals surface area contributed by atoms with Crippen LogP contribution in [0.25, 0.3) is 0 Å². The van der Waals surface area contributed by atoms with E-state index in [1.807, 2.05) is 7.05 Å². The number of hydrogen-bond donors (Lipinski definition) is 1. The minimum atomic E-state index is -0.734. The van der Waals surface area contributed by atoms with Crippen LogP contribution in [-0.4, -0.2) is 20.9 Å². The lowest BCUT2D eigenvalue weighted by Crippen LogP contribution is -2.07. The van der Waals surface area contributed by atoms with Crippen molar-refractivity contribution >= 4 is 5.97 Å². The van der Waals surface area contributed by atoms with Crippen LogP contribution in [0.3, 0.4) is 0 Å². The Kier molecular flexibility index (Phi) is 1.43. The quantitative estimate of drug-likeness (QED) is 0.662. The fourth-order valence-electron chi connectivity index (χ4n) is 1.73. The van der Waals surface area contributed by atoms with E-state index in [1.54, 1.807) is 10.9 Å². The standard InChI is InChI=1S/C8H10N2O2/c1-10-4-6-5(8(11)12)2-3-7(6)9-10/h4-5H,2-3H2,1H3,(H,11,12). The van der Waals surface area contributed by atoms with Crippen LogP contribution in [0.2, 0.25) is 0 Å². The molecule has 1 aromatic heterocycles. The Morgan fingerprint density at radius 3 is 3.25 bits per heavy atom. The molecule has 1 unspecified atom stereocenters. The van der Waals surface area contributed by atoms with Gasteiger partial charge in [-0.1, -0.05) is 0 Å². The van der Waals surface area contributed by atoms with Gasteiger partial charge in [-0.05, 0) is 12.8 Å². The molecule has 1 atom stereocenters. The van der Waals surface area contributed by atoms with Crippen molar-refractivity contribution < 1.29 is 9.90 Å². The second-order valence-electron chi connectivity index (χ2n) is 3.13. The van der Waals surface area contributed by atoms with Gasteiger partial charge >= 0.3 is 5.97 Å². The van der Waals surface area contributed by atoms with Gasteiger partial charge in [-0.25, -0.2) is 0 Å². The molecule has 1 aliphatic rings. The van der Waals surface area contributed by atoms with Crippen LogP contribution in [0.4, 0.5) is 0 Å². The van der Waals surface area contributed by atoms with Gasteiger partial charge in [-0.3, -0.25) is 9.48 Å². The summed E-state index contributed by atoms with van der Waals surface area (Å²) in [6, 6.07) is 0. The molecule has 4 nitrogen and oxygen atoms in total. The highest BCUT2D eigenvalue weighted by Crippen LogP contribution is 2.31. The van der Waals surface area contributed by atoms with Crippen molar-refractivity contribution in [2.45, 2.75) is 18.8 Å². The number of hydrogen-bond acceptors (Lipinski definition) is 2. The first-order chi connectivity index (χ1) is 5.68. The van der Waals surface area contributed by atoms with Crippen LogP contribution in [0.1, 0.15) is 23.6 Å². The van der Waals surface area contributed by atoms with Crippen molar-refractivity contribution in [1.82, 2.24) is 9.78 Å². The maximum Gasteiger partial charge on any atom is 0.311 e. The van der Waals surface area contributed by atoms with Gasteiger partial charge in [0.2, 0.25) is 0 Å². The zero-order valence-corrected chi connectivity index (χ0v) is 6.82. The molecule has 1 heterocycles. The molecule has 64 valence electrons. The molecular weight excluding hydrogens is 156 g/mol. The Hall–Kier alpha value is -1.32. The first-order valence-electron chi connectivity index (χ1n) is 3.93. The third kappa shape index (κ3) is 0.913. The maximum absolute atomic E-state index is 10.7. The number of fused-ring (bicyclic) bond motifs is 1. The third-order valence-electron chi connectivity index (χ3n) is 2.28. The van der Waals surface area contributed by atoms with E-state index in [-0.39, 0.29) is 5.92 Å². The topological polar surface area (TPSA) is 55.1 Å². The second-order valence-corrected chi connectivity index (χ2v) is 3.13.